The number of hydrogen-bond acceptors (Lipinski definition) is 4. The molecule has 128 valence electrons. The number of carboxylic acids is 1. The van der Waals surface area contributed by atoms with Gasteiger partial charge in [0.25, 0.3) is 5.91 Å². The number of aliphatic carboxylic acids is 1. The Morgan fingerprint density at radius 3 is 2.75 bits per heavy atom. The smallest absolute Gasteiger partial charge is 0.308 e. The number of amides is 1. The first-order valence-corrected chi connectivity index (χ1v) is 8.04. The average Bonchev–Trinajstić information content (AvgIpc) is 2.98. The molecule has 6 nitrogen and oxygen atoms in total. The Hall–Kier alpha value is -2.63. The number of nitrogens with zero attached hydrogens (tertiary/aromatic N) is 1. The van der Waals surface area contributed by atoms with Gasteiger partial charge < -0.3 is 15.3 Å². The van der Waals surface area contributed by atoms with Crippen molar-refractivity contribution in [3.63, 3.8) is 0 Å². The maximum Gasteiger partial charge on any atom is 0.308 e. The standard InChI is InChI=1S/C18H22N2O4/c1-2-3-11-19-17(23)18(13-16(21)22)12-15(20-24-18)10-9-14-7-5-4-6-8-14/h4-10H,2-3,11-13H2,1H3,(H,19,23)(H,21,22). The van der Waals surface area contributed by atoms with E-state index >= 15 is 0 Å². The Morgan fingerprint density at radius 2 is 2.08 bits per heavy atom. The molecule has 0 saturated carbocycles. The Morgan fingerprint density at radius 1 is 1.33 bits per heavy atom. The highest BCUT2D eigenvalue weighted by molar-refractivity contribution is 6.04. The van der Waals surface area contributed by atoms with Crippen LogP contribution in [0.2, 0.25) is 0 Å². The molecule has 1 aromatic carbocycles. The molecule has 0 aliphatic carbocycles. The fourth-order valence-corrected chi connectivity index (χ4v) is 2.43. The van der Waals surface area contributed by atoms with Crippen LogP contribution >= 0.6 is 0 Å². The number of rotatable bonds is 8. The molecule has 0 spiro atoms. The minimum absolute atomic E-state index is 0.139. The molecule has 0 saturated heterocycles. The van der Waals surface area contributed by atoms with Crippen molar-refractivity contribution in [2.75, 3.05) is 6.54 Å². The lowest BCUT2D eigenvalue weighted by molar-refractivity contribution is -0.156. The highest BCUT2D eigenvalue weighted by Crippen LogP contribution is 2.29. The largest absolute Gasteiger partial charge is 0.481 e. The summed E-state index contributed by atoms with van der Waals surface area (Å²) < 4.78 is 0. The number of nitrogens with one attached hydrogen (secondary N) is 1. The van der Waals surface area contributed by atoms with Crippen LogP contribution in [0.5, 0.6) is 0 Å². The molecule has 2 N–H and O–H groups in total. The number of carboxylic acid groups (broad SMARTS) is 1. The molecule has 1 aliphatic heterocycles. The summed E-state index contributed by atoms with van der Waals surface area (Å²) in [5.74, 6) is -1.52. The molecular weight excluding hydrogens is 308 g/mol. The van der Waals surface area contributed by atoms with Crippen molar-refractivity contribution in [3.8, 4) is 0 Å². The molecule has 1 aromatic rings. The van der Waals surface area contributed by atoms with Crippen molar-refractivity contribution < 1.29 is 19.5 Å². The number of hydrogen-bond donors (Lipinski definition) is 2. The van der Waals surface area contributed by atoms with Gasteiger partial charge in [0.15, 0.2) is 0 Å². The van der Waals surface area contributed by atoms with E-state index < -0.39 is 23.9 Å². The fourth-order valence-electron chi connectivity index (χ4n) is 2.43. The van der Waals surface area contributed by atoms with Crippen LogP contribution in [0.4, 0.5) is 0 Å². The Balaban J connectivity index is 2.05. The van der Waals surface area contributed by atoms with Gasteiger partial charge in [-0.15, -0.1) is 0 Å². The van der Waals surface area contributed by atoms with E-state index in [-0.39, 0.29) is 6.42 Å². The van der Waals surface area contributed by atoms with Crippen molar-refractivity contribution in [2.45, 2.75) is 38.2 Å². The minimum atomic E-state index is -1.46. The van der Waals surface area contributed by atoms with E-state index in [0.717, 1.165) is 18.4 Å². The van der Waals surface area contributed by atoms with Crippen LogP contribution in [-0.2, 0) is 14.4 Å². The summed E-state index contributed by atoms with van der Waals surface area (Å²) in [6.45, 7) is 2.51. The number of benzene rings is 1. The van der Waals surface area contributed by atoms with Gasteiger partial charge in [0, 0.05) is 13.0 Å². The van der Waals surface area contributed by atoms with Gasteiger partial charge in [-0.05, 0) is 18.1 Å². The molecule has 0 fully saturated rings. The van der Waals surface area contributed by atoms with Crippen molar-refractivity contribution in [1.29, 1.82) is 0 Å². The Kier molecular flexibility index (Phi) is 6.12. The molecule has 1 atom stereocenters. The third kappa shape index (κ3) is 4.68. The fraction of sp³-hybridized carbons (Fsp3) is 0.389. The molecule has 1 amide bonds. The van der Waals surface area contributed by atoms with Gasteiger partial charge in [-0.2, -0.15) is 0 Å². The van der Waals surface area contributed by atoms with E-state index in [1.165, 1.54) is 0 Å². The van der Waals surface area contributed by atoms with E-state index in [0.29, 0.717) is 12.3 Å². The van der Waals surface area contributed by atoms with Gasteiger partial charge in [-0.3, -0.25) is 9.59 Å². The number of carbonyl (C=O) groups excluding carboxylic acids is 1. The van der Waals surface area contributed by atoms with Gasteiger partial charge in [-0.1, -0.05) is 54.9 Å². The van der Waals surface area contributed by atoms with Crippen LogP contribution in [0.3, 0.4) is 0 Å². The van der Waals surface area contributed by atoms with Gasteiger partial charge in [-0.25, -0.2) is 0 Å². The predicted molar refractivity (Wildman–Crippen MR) is 91.5 cm³/mol. The van der Waals surface area contributed by atoms with E-state index in [9.17, 15) is 9.59 Å². The summed E-state index contributed by atoms with van der Waals surface area (Å²) in [4.78, 5) is 28.8. The van der Waals surface area contributed by atoms with E-state index in [1.807, 2.05) is 43.3 Å². The molecule has 1 aliphatic rings. The quantitative estimate of drug-likeness (QED) is 0.717. The second kappa shape index (κ2) is 8.29. The lowest BCUT2D eigenvalue weighted by Crippen LogP contribution is -2.48. The SMILES string of the molecule is CCCCNC(=O)C1(CC(=O)O)CC(C=Cc2ccccc2)=NO1. The van der Waals surface area contributed by atoms with Crippen LogP contribution in [-0.4, -0.2) is 34.8 Å². The second-order valence-corrected chi connectivity index (χ2v) is 5.77. The van der Waals surface area contributed by atoms with Crippen LogP contribution in [0, 0.1) is 0 Å². The highest BCUT2D eigenvalue weighted by atomic mass is 16.7. The number of unbranched alkanes of at least 4 members (excludes halogenated alkanes) is 1. The van der Waals surface area contributed by atoms with Gasteiger partial charge >= 0.3 is 5.97 Å². The molecule has 0 aromatic heterocycles. The summed E-state index contributed by atoms with van der Waals surface area (Å²) in [5.41, 5.74) is 0.0738. The zero-order valence-electron chi connectivity index (χ0n) is 13.7. The summed E-state index contributed by atoms with van der Waals surface area (Å²) in [7, 11) is 0. The first-order valence-electron chi connectivity index (χ1n) is 8.04. The zero-order chi connectivity index (χ0) is 17.4. The first kappa shape index (κ1) is 17.7. The molecule has 24 heavy (non-hydrogen) atoms. The molecule has 1 unspecified atom stereocenters. The van der Waals surface area contributed by atoms with Gasteiger partial charge in [0.1, 0.15) is 0 Å². The summed E-state index contributed by atoms with van der Waals surface area (Å²) in [6, 6.07) is 9.64. The molecule has 6 heteroatoms. The molecule has 2 rings (SSSR count). The van der Waals surface area contributed by atoms with Crippen LogP contribution < -0.4 is 5.32 Å². The third-order valence-electron chi connectivity index (χ3n) is 3.74. The molecule has 0 bridgehead atoms. The number of oxime groups is 1. The first-order chi connectivity index (χ1) is 11.6. The highest BCUT2D eigenvalue weighted by Gasteiger charge is 2.47. The minimum Gasteiger partial charge on any atom is -0.481 e. The van der Waals surface area contributed by atoms with E-state index in [2.05, 4.69) is 10.5 Å². The van der Waals surface area contributed by atoms with Gasteiger partial charge in [0.2, 0.25) is 5.60 Å². The monoisotopic (exact) mass is 330 g/mol. The van der Waals surface area contributed by atoms with Crippen molar-refractivity contribution in [2.24, 2.45) is 5.16 Å². The predicted octanol–water partition coefficient (Wildman–Crippen LogP) is 2.61. The third-order valence-corrected chi connectivity index (χ3v) is 3.74. The maximum absolute atomic E-state index is 12.4. The second-order valence-electron chi connectivity index (χ2n) is 5.77. The number of allylic oxidation sites excluding steroid dienone is 1. The van der Waals surface area contributed by atoms with Crippen LogP contribution in [0.15, 0.2) is 41.6 Å². The Labute approximate surface area is 141 Å². The summed E-state index contributed by atoms with van der Waals surface area (Å²) >= 11 is 0. The summed E-state index contributed by atoms with van der Waals surface area (Å²) in [5, 5.41) is 15.8. The van der Waals surface area contributed by atoms with Crippen LogP contribution in [0.25, 0.3) is 6.08 Å². The lowest BCUT2D eigenvalue weighted by Gasteiger charge is -2.23. The number of carbonyl (C=O) groups is 2. The molecular formula is C18H22N2O4. The van der Waals surface area contributed by atoms with Crippen molar-refractivity contribution in [3.05, 3.63) is 42.0 Å². The lowest BCUT2D eigenvalue weighted by atomic mass is 9.92. The van der Waals surface area contributed by atoms with Crippen molar-refractivity contribution in [1.82, 2.24) is 5.32 Å². The molecule has 1 heterocycles. The van der Waals surface area contributed by atoms with Gasteiger partial charge in [0.05, 0.1) is 12.1 Å². The maximum atomic E-state index is 12.4. The van der Waals surface area contributed by atoms with E-state index in [1.54, 1.807) is 6.08 Å². The average molecular weight is 330 g/mol. The topological polar surface area (TPSA) is 88.0 Å². The van der Waals surface area contributed by atoms with E-state index in [4.69, 9.17) is 9.94 Å². The van der Waals surface area contributed by atoms with Crippen molar-refractivity contribution >= 4 is 23.7 Å². The summed E-state index contributed by atoms with van der Waals surface area (Å²) in [6.07, 6.45) is 5.09. The zero-order valence-corrected chi connectivity index (χ0v) is 13.7. The molecule has 0 radical (unpaired) electrons. The normalized spacial score (nSPS) is 19.8. The van der Waals surface area contributed by atoms with Crippen LogP contribution in [0.1, 0.15) is 38.2 Å². The Bertz CT molecular complexity index is 640.